The molecule has 2 heterocycles. The van der Waals surface area contributed by atoms with E-state index in [1.54, 1.807) is 14.1 Å². The van der Waals surface area contributed by atoms with Crippen molar-refractivity contribution in [3.8, 4) is 34.3 Å². The summed E-state index contributed by atoms with van der Waals surface area (Å²) in [5, 5.41) is 27.7. The summed E-state index contributed by atoms with van der Waals surface area (Å²) < 4.78 is 2.60. The molecular formula is C26H28N4O4. The third kappa shape index (κ3) is 4.91. The lowest BCUT2D eigenvalue weighted by atomic mass is 10.0. The summed E-state index contributed by atoms with van der Waals surface area (Å²) in [6, 6.07) is 11.9. The average molecular weight is 461 g/mol. The first-order chi connectivity index (χ1) is 16.0. The van der Waals surface area contributed by atoms with Gasteiger partial charge in [0, 0.05) is 25.2 Å². The number of hydrogen-bond acceptors (Lipinski definition) is 6. The highest BCUT2D eigenvalue weighted by Crippen LogP contribution is 2.30. The molecule has 4 aromatic rings. The van der Waals surface area contributed by atoms with Crippen LogP contribution in [0.3, 0.4) is 0 Å². The zero-order valence-electron chi connectivity index (χ0n) is 20.1. The molecule has 0 aliphatic heterocycles. The van der Waals surface area contributed by atoms with Crippen molar-refractivity contribution < 1.29 is 19.8 Å². The molecule has 0 atom stereocenters. The molecule has 0 saturated heterocycles. The monoisotopic (exact) mass is 460 g/mol. The summed E-state index contributed by atoms with van der Waals surface area (Å²) in [7, 11) is 3.21. The number of benzene rings is 2. The predicted molar refractivity (Wildman–Crippen MR) is 130 cm³/mol. The Bertz CT molecular complexity index is 1240. The minimum absolute atomic E-state index is 0.103. The lowest BCUT2D eigenvalue weighted by Gasteiger charge is -2.02. The van der Waals surface area contributed by atoms with Crippen molar-refractivity contribution in [2.24, 2.45) is 14.1 Å². The Kier molecular flexibility index (Phi) is 7.00. The maximum Gasteiger partial charge on any atom is 0.220 e. The third-order valence-electron chi connectivity index (χ3n) is 5.33. The molecule has 0 saturated carbocycles. The quantitative estimate of drug-likeness (QED) is 0.436. The van der Waals surface area contributed by atoms with E-state index in [1.807, 2.05) is 64.1 Å². The van der Waals surface area contributed by atoms with Gasteiger partial charge in [0.25, 0.3) is 0 Å². The van der Waals surface area contributed by atoms with Gasteiger partial charge >= 0.3 is 0 Å². The van der Waals surface area contributed by atoms with Gasteiger partial charge in [-0.1, -0.05) is 34.4 Å². The molecule has 34 heavy (non-hydrogen) atoms. The van der Waals surface area contributed by atoms with Gasteiger partial charge in [-0.3, -0.25) is 9.59 Å². The highest BCUT2D eigenvalue weighted by atomic mass is 16.3. The Morgan fingerprint density at radius 1 is 0.618 bits per heavy atom. The van der Waals surface area contributed by atoms with Crippen LogP contribution in [0.15, 0.2) is 36.4 Å². The first kappa shape index (κ1) is 24.4. The molecule has 0 radical (unpaired) electrons. The number of rotatable bonds is 4. The Balaban J connectivity index is 0.000000191. The fraction of sp³-hybridized carbons (Fsp3) is 0.231. The third-order valence-corrected chi connectivity index (χ3v) is 5.33. The van der Waals surface area contributed by atoms with Crippen molar-refractivity contribution in [3.05, 3.63) is 69.8 Å². The molecule has 0 fully saturated rings. The fourth-order valence-corrected chi connectivity index (χ4v) is 3.93. The Hall–Kier alpha value is -4.20. The van der Waals surface area contributed by atoms with Crippen LogP contribution in [0, 0.1) is 27.7 Å². The lowest BCUT2D eigenvalue weighted by Crippen LogP contribution is -1.90. The van der Waals surface area contributed by atoms with Crippen LogP contribution in [-0.4, -0.2) is 42.3 Å². The van der Waals surface area contributed by atoms with Crippen LogP contribution in [0.2, 0.25) is 0 Å². The van der Waals surface area contributed by atoms with Crippen LogP contribution in [0.25, 0.3) is 22.5 Å². The fourth-order valence-electron chi connectivity index (χ4n) is 3.93. The number of aldehydes is 2. The van der Waals surface area contributed by atoms with Crippen molar-refractivity contribution in [2.75, 3.05) is 0 Å². The molecule has 2 aromatic carbocycles. The van der Waals surface area contributed by atoms with Gasteiger partial charge in [-0.2, -0.15) is 10.2 Å². The van der Waals surface area contributed by atoms with Gasteiger partial charge in [0.05, 0.1) is 0 Å². The van der Waals surface area contributed by atoms with E-state index in [4.69, 9.17) is 0 Å². The standard InChI is InChI=1S/2C13H14N2O2/c2*1-8-4-9(2)6-10(5-8)12-11(7-16)13(17)15(3)14-12/h2*4-7,17H,1-3H3. The smallest absolute Gasteiger partial charge is 0.220 e. The van der Waals surface area contributed by atoms with E-state index >= 15 is 0 Å². The van der Waals surface area contributed by atoms with E-state index in [9.17, 15) is 19.8 Å². The van der Waals surface area contributed by atoms with Crippen molar-refractivity contribution in [2.45, 2.75) is 27.7 Å². The number of nitrogens with zero attached hydrogens (tertiary/aromatic N) is 4. The normalized spacial score (nSPS) is 10.5. The molecule has 0 spiro atoms. The van der Waals surface area contributed by atoms with Gasteiger partial charge < -0.3 is 10.2 Å². The Morgan fingerprint density at radius 2 is 0.912 bits per heavy atom. The number of carbonyl (C=O) groups is 2. The summed E-state index contributed by atoms with van der Waals surface area (Å²) in [4.78, 5) is 22.0. The minimum atomic E-state index is -0.103. The molecule has 2 N–H and O–H groups in total. The molecule has 2 aromatic heterocycles. The highest BCUT2D eigenvalue weighted by molar-refractivity contribution is 5.89. The van der Waals surface area contributed by atoms with Gasteiger partial charge in [-0.15, -0.1) is 0 Å². The van der Waals surface area contributed by atoms with E-state index in [2.05, 4.69) is 10.2 Å². The van der Waals surface area contributed by atoms with Crippen LogP contribution in [0.5, 0.6) is 11.8 Å². The van der Waals surface area contributed by atoms with Gasteiger partial charge in [0.2, 0.25) is 11.8 Å². The Labute approximate surface area is 198 Å². The van der Waals surface area contributed by atoms with E-state index in [1.165, 1.54) is 9.36 Å². The predicted octanol–water partition coefficient (Wildman–Crippen LogP) is 4.44. The molecule has 0 amide bonds. The minimum Gasteiger partial charge on any atom is -0.493 e. The van der Waals surface area contributed by atoms with Crippen LogP contribution in [0.4, 0.5) is 0 Å². The summed E-state index contributed by atoms with van der Waals surface area (Å²) in [5.41, 5.74) is 7.60. The van der Waals surface area contributed by atoms with Gasteiger partial charge in [0.1, 0.15) is 22.5 Å². The summed E-state index contributed by atoms with van der Waals surface area (Å²) in [5.74, 6) is -0.205. The molecule has 0 aliphatic rings. The maximum absolute atomic E-state index is 11.0. The molecule has 8 nitrogen and oxygen atoms in total. The first-order valence-electron chi connectivity index (χ1n) is 10.6. The van der Waals surface area contributed by atoms with Crippen molar-refractivity contribution in [3.63, 3.8) is 0 Å². The topological polar surface area (TPSA) is 110 Å². The van der Waals surface area contributed by atoms with Crippen molar-refractivity contribution in [1.82, 2.24) is 19.6 Å². The second-order valence-corrected chi connectivity index (χ2v) is 8.41. The van der Waals surface area contributed by atoms with E-state index in [0.717, 1.165) is 33.4 Å². The van der Waals surface area contributed by atoms with E-state index in [-0.39, 0.29) is 22.9 Å². The summed E-state index contributed by atoms with van der Waals surface area (Å²) in [6.45, 7) is 7.94. The molecule has 176 valence electrons. The zero-order valence-corrected chi connectivity index (χ0v) is 20.1. The number of aromatic nitrogens is 4. The molecule has 4 rings (SSSR count). The summed E-state index contributed by atoms with van der Waals surface area (Å²) in [6.07, 6.45) is 1.27. The van der Waals surface area contributed by atoms with Gasteiger partial charge in [-0.05, 0) is 52.0 Å². The second kappa shape index (κ2) is 9.74. The molecule has 0 unspecified atom stereocenters. The largest absolute Gasteiger partial charge is 0.493 e. The van der Waals surface area contributed by atoms with Crippen LogP contribution >= 0.6 is 0 Å². The first-order valence-corrected chi connectivity index (χ1v) is 10.6. The van der Waals surface area contributed by atoms with E-state index in [0.29, 0.717) is 24.0 Å². The SMILES string of the molecule is Cc1cc(C)cc(-c2nn(C)c(O)c2C=O)c1.Cc1cc(C)cc(-c2nn(C)c(O)c2C=O)c1. The van der Waals surface area contributed by atoms with Crippen molar-refractivity contribution in [1.29, 1.82) is 0 Å². The number of aryl methyl sites for hydroxylation is 6. The van der Waals surface area contributed by atoms with E-state index < -0.39 is 0 Å². The average Bonchev–Trinajstić information content (AvgIpc) is 3.22. The number of aromatic hydroxyl groups is 2. The highest BCUT2D eigenvalue weighted by Gasteiger charge is 2.17. The van der Waals surface area contributed by atoms with Crippen LogP contribution in [-0.2, 0) is 14.1 Å². The molecule has 0 bridgehead atoms. The zero-order chi connectivity index (χ0) is 25.2. The Morgan fingerprint density at radius 3 is 1.18 bits per heavy atom. The second-order valence-electron chi connectivity index (χ2n) is 8.41. The van der Waals surface area contributed by atoms with Gasteiger partial charge in [-0.25, -0.2) is 9.36 Å². The van der Waals surface area contributed by atoms with Crippen molar-refractivity contribution >= 4 is 12.6 Å². The number of carbonyl (C=O) groups excluding carboxylic acids is 2. The number of hydrogen-bond donors (Lipinski definition) is 2. The lowest BCUT2D eigenvalue weighted by molar-refractivity contribution is 0.111. The molecule has 0 aliphatic carbocycles. The molecular weight excluding hydrogens is 432 g/mol. The summed E-state index contributed by atoms with van der Waals surface area (Å²) >= 11 is 0. The maximum atomic E-state index is 11.0. The molecule has 8 heteroatoms. The van der Waals surface area contributed by atoms with Crippen LogP contribution < -0.4 is 0 Å². The van der Waals surface area contributed by atoms with Gasteiger partial charge in [0.15, 0.2) is 12.6 Å². The van der Waals surface area contributed by atoms with Crippen LogP contribution in [0.1, 0.15) is 43.0 Å².